The summed E-state index contributed by atoms with van der Waals surface area (Å²) in [6, 6.07) is 2.80. The quantitative estimate of drug-likeness (QED) is 0.774. The van der Waals surface area contributed by atoms with Crippen LogP contribution in [0.3, 0.4) is 0 Å². The summed E-state index contributed by atoms with van der Waals surface area (Å²) < 4.78 is 1.07. The Bertz CT molecular complexity index is 327. The average molecular weight is 269 g/mol. The van der Waals surface area contributed by atoms with E-state index in [-0.39, 0.29) is 0 Å². The van der Waals surface area contributed by atoms with Gasteiger partial charge in [-0.05, 0) is 41.8 Å². The van der Waals surface area contributed by atoms with Crippen molar-refractivity contribution in [1.29, 1.82) is 0 Å². The standard InChI is InChI=1S/C12H17BrN2/c1-10-5-3-2-4-6-15(10)12-7-11(13)8-14-9-12/h7-10H,2-6H2,1H3. The number of nitrogens with zero attached hydrogens (tertiary/aromatic N) is 2. The Kier molecular flexibility index (Phi) is 3.62. The van der Waals surface area contributed by atoms with Gasteiger partial charge in [0.05, 0.1) is 11.9 Å². The average Bonchev–Trinajstić information content (AvgIpc) is 2.43. The van der Waals surface area contributed by atoms with Crippen LogP contribution in [0.25, 0.3) is 0 Å². The molecule has 2 nitrogen and oxygen atoms in total. The van der Waals surface area contributed by atoms with Gasteiger partial charge in [-0.15, -0.1) is 0 Å². The van der Waals surface area contributed by atoms with Crippen LogP contribution in [0.4, 0.5) is 5.69 Å². The van der Waals surface area contributed by atoms with Gasteiger partial charge in [-0.25, -0.2) is 0 Å². The smallest absolute Gasteiger partial charge is 0.0566 e. The molecule has 0 spiro atoms. The molecule has 0 bridgehead atoms. The molecule has 0 aliphatic carbocycles. The van der Waals surface area contributed by atoms with Crippen molar-refractivity contribution >= 4 is 21.6 Å². The molecule has 1 saturated heterocycles. The molecule has 82 valence electrons. The van der Waals surface area contributed by atoms with Crippen molar-refractivity contribution in [3.05, 3.63) is 22.9 Å². The maximum absolute atomic E-state index is 4.24. The Morgan fingerprint density at radius 3 is 3.00 bits per heavy atom. The Morgan fingerprint density at radius 1 is 1.33 bits per heavy atom. The molecule has 1 atom stereocenters. The maximum atomic E-state index is 4.24. The first kappa shape index (κ1) is 10.9. The minimum absolute atomic E-state index is 0.642. The predicted molar refractivity (Wildman–Crippen MR) is 67.2 cm³/mol. The van der Waals surface area contributed by atoms with E-state index in [9.17, 15) is 0 Å². The van der Waals surface area contributed by atoms with Gasteiger partial charge < -0.3 is 4.90 Å². The molecule has 0 amide bonds. The number of rotatable bonds is 1. The fourth-order valence-corrected chi connectivity index (χ4v) is 2.57. The Morgan fingerprint density at radius 2 is 2.20 bits per heavy atom. The molecule has 2 heterocycles. The summed E-state index contributed by atoms with van der Waals surface area (Å²) in [6.45, 7) is 3.48. The van der Waals surface area contributed by atoms with Crippen molar-refractivity contribution in [3.8, 4) is 0 Å². The zero-order chi connectivity index (χ0) is 10.7. The molecule has 3 heteroatoms. The van der Waals surface area contributed by atoms with Crippen LogP contribution >= 0.6 is 15.9 Å². The lowest BCUT2D eigenvalue weighted by molar-refractivity contribution is 0.615. The molecule has 1 aromatic rings. The third kappa shape index (κ3) is 2.71. The van der Waals surface area contributed by atoms with Crippen molar-refractivity contribution in [2.75, 3.05) is 11.4 Å². The van der Waals surface area contributed by atoms with Crippen molar-refractivity contribution < 1.29 is 0 Å². The van der Waals surface area contributed by atoms with E-state index in [0.29, 0.717) is 6.04 Å². The van der Waals surface area contributed by atoms with Gasteiger partial charge in [-0.1, -0.05) is 12.8 Å². The van der Waals surface area contributed by atoms with E-state index in [0.717, 1.165) is 4.47 Å². The maximum Gasteiger partial charge on any atom is 0.0566 e. The molecule has 1 aliphatic heterocycles. The zero-order valence-corrected chi connectivity index (χ0v) is 10.7. The van der Waals surface area contributed by atoms with Crippen molar-refractivity contribution in [2.45, 2.75) is 38.6 Å². The number of hydrogen-bond acceptors (Lipinski definition) is 2. The first-order chi connectivity index (χ1) is 7.27. The molecule has 15 heavy (non-hydrogen) atoms. The monoisotopic (exact) mass is 268 g/mol. The lowest BCUT2D eigenvalue weighted by Crippen LogP contribution is -2.32. The number of aromatic nitrogens is 1. The largest absolute Gasteiger partial charge is 0.368 e. The van der Waals surface area contributed by atoms with Crippen molar-refractivity contribution in [3.63, 3.8) is 0 Å². The lowest BCUT2D eigenvalue weighted by atomic mass is 10.1. The van der Waals surface area contributed by atoms with E-state index >= 15 is 0 Å². The molecular formula is C12H17BrN2. The minimum atomic E-state index is 0.642. The molecule has 1 aliphatic rings. The van der Waals surface area contributed by atoms with Crippen molar-refractivity contribution in [2.24, 2.45) is 0 Å². The molecule has 1 unspecified atom stereocenters. The summed E-state index contributed by atoms with van der Waals surface area (Å²) in [7, 11) is 0. The van der Waals surface area contributed by atoms with Crippen LogP contribution in [0.1, 0.15) is 32.6 Å². The van der Waals surface area contributed by atoms with Crippen LogP contribution < -0.4 is 4.90 Å². The Balaban J connectivity index is 2.20. The summed E-state index contributed by atoms with van der Waals surface area (Å²) in [5, 5.41) is 0. The van der Waals surface area contributed by atoms with Gasteiger partial charge >= 0.3 is 0 Å². The van der Waals surface area contributed by atoms with E-state index in [1.165, 1.54) is 37.9 Å². The Hall–Kier alpha value is -0.570. The van der Waals surface area contributed by atoms with E-state index in [4.69, 9.17) is 0 Å². The normalized spacial score (nSPS) is 22.5. The third-order valence-corrected chi connectivity index (χ3v) is 3.51. The van der Waals surface area contributed by atoms with Crippen LogP contribution in [0, 0.1) is 0 Å². The lowest BCUT2D eigenvalue weighted by Gasteiger charge is -2.29. The molecule has 0 saturated carbocycles. The molecular weight excluding hydrogens is 252 g/mol. The Labute approximate surface area is 99.8 Å². The van der Waals surface area contributed by atoms with Crippen LogP contribution in [0.5, 0.6) is 0 Å². The highest BCUT2D eigenvalue weighted by atomic mass is 79.9. The van der Waals surface area contributed by atoms with Crippen LogP contribution in [0.15, 0.2) is 22.9 Å². The minimum Gasteiger partial charge on any atom is -0.368 e. The first-order valence-electron chi connectivity index (χ1n) is 5.64. The van der Waals surface area contributed by atoms with Crippen LogP contribution in [0.2, 0.25) is 0 Å². The first-order valence-corrected chi connectivity index (χ1v) is 6.44. The van der Waals surface area contributed by atoms with Crippen molar-refractivity contribution in [1.82, 2.24) is 4.98 Å². The second-order valence-electron chi connectivity index (χ2n) is 4.25. The highest BCUT2D eigenvalue weighted by Gasteiger charge is 2.17. The third-order valence-electron chi connectivity index (χ3n) is 3.08. The molecule has 2 rings (SSSR count). The number of halogens is 1. The molecule has 1 aromatic heterocycles. The van der Waals surface area contributed by atoms with Gasteiger partial charge in [0.25, 0.3) is 0 Å². The number of hydrogen-bond donors (Lipinski definition) is 0. The van der Waals surface area contributed by atoms with E-state index in [1.807, 2.05) is 12.4 Å². The van der Waals surface area contributed by atoms with Gasteiger partial charge in [-0.3, -0.25) is 4.98 Å². The molecule has 0 aromatic carbocycles. The summed E-state index contributed by atoms with van der Waals surface area (Å²) in [6.07, 6.45) is 9.13. The van der Waals surface area contributed by atoms with Crippen LogP contribution in [-0.4, -0.2) is 17.6 Å². The van der Waals surface area contributed by atoms with Gasteiger partial charge in [0.2, 0.25) is 0 Å². The highest BCUT2D eigenvalue weighted by molar-refractivity contribution is 9.10. The predicted octanol–water partition coefficient (Wildman–Crippen LogP) is 3.61. The number of anilines is 1. The summed E-state index contributed by atoms with van der Waals surface area (Å²) in [4.78, 5) is 6.71. The van der Waals surface area contributed by atoms with E-state index in [1.54, 1.807) is 0 Å². The summed E-state index contributed by atoms with van der Waals surface area (Å²) >= 11 is 3.48. The zero-order valence-electron chi connectivity index (χ0n) is 9.12. The fraction of sp³-hybridized carbons (Fsp3) is 0.583. The molecule has 0 radical (unpaired) electrons. The van der Waals surface area contributed by atoms with E-state index < -0.39 is 0 Å². The van der Waals surface area contributed by atoms with Gasteiger partial charge in [0, 0.05) is 23.3 Å². The topological polar surface area (TPSA) is 16.1 Å². The fourth-order valence-electron chi connectivity index (χ4n) is 2.22. The molecule has 0 N–H and O–H groups in total. The molecule has 1 fully saturated rings. The summed E-state index contributed by atoms with van der Waals surface area (Å²) in [5.74, 6) is 0. The summed E-state index contributed by atoms with van der Waals surface area (Å²) in [5.41, 5.74) is 1.25. The highest BCUT2D eigenvalue weighted by Crippen LogP contribution is 2.25. The van der Waals surface area contributed by atoms with Gasteiger partial charge in [-0.2, -0.15) is 0 Å². The second-order valence-corrected chi connectivity index (χ2v) is 5.17. The second kappa shape index (κ2) is 4.97. The van der Waals surface area contributed by atoms with Gasteiger partial charge in [0.1, 0.15) is 0 Å². The van der Waals surface area contributed by atoms with Crippen LogP contribution in [-0.2, 0) is 0 Å². The van der Waals surface area contributed by atoms with E-state index in [2.05, 4.69) is 38.8 Å². The van der Waals surface area contributed by atoms with Gasteiger partial charge in [0.15, 0.2) is 0 Å². The number of pyridine rings is 1. The SMILES string of the molecule is CC1CCCCCN1c1cncc(Br)c1.